The highest BCUT2D eigenvalue weighted by atomic mass is 32.2. The van der Waals surface area contributed by atoms with Gasteiger partial charge < -0.3 is 4.98 Å². The average molecular weight is 288 g/mol. The Morgan fingerprint density at radius 1 is 1.32 bits per heavy atom. The molecule has 0 atom stereocenters. The van der Waals surface area contributed by atoms with Crippen LogP contribution in [0.5, 0.6) is 0 Å². The number of hydrogen-bond donors (Lipinski definition) is 1. The molecule has 0 bridgehead atoms. The summed E-state index contributed by atoms with van der Waals surface area (Å²) in [6.07, 6.45) is 2.53. The topological polar surface area (TPSA) is 28.7 Å². The van der Waals surface area contributed by atoms with Gasteiger partial charge >= 0.3 is 0 Å². The molecule has 1 heterocycles. The summed E-state index contributed by atoms with van der Waals surface area (Å²) in [7, 11) is 0. The molecule has 0 amide bonds. The third kappa shape index (κ3) is 3.07. The van der Waals surface area contributed by atoms with E-state index >= 15 is 0 Å². The van der Waals surface area contributed by atoms with E-state index in [2.05, 4.69) is 41.2 Å². The van der Waals surface area contributed by atoms with E-state index in [0.717, 1.165) is 17.1 Å². The summed E-state index contributed by atoms with van der Waals surface area (Å²) < 4.78 is 0.683. The van der Waals surface area contributed by atoms with E-state index in [4.69, 9.17) is 12.2 Å². The van der Waals surface area contributed by atoms with Crippen LogP contribution in [0.1, 0.15) is 31.4 Å². The quantitative estimate of drug-likeness (QED) is 0.647. The Morgan fingerprint density at radius 2 is 2.05 bits per heavy atom. The van der Waals surface area contributed by atoms with Crippen molar-refractivity contribution in [3.8, 4) is 11.4 Å². The number of aromatic amines is 1. The van der Waals surface area contributed by atoms with Gasteiger partial charge in [0.1, 0.15) is 10.5 Å². The van der Waals surface area contributed by atoms with Crippen molar-refractivity contribution < 1.29 is 0 Å². The first-order valence-electron chi connectivity index (χ1n) is 6.61. The zero-order chi connectivity index (χ0) is 13.2. The lowest BCUT2D eigenvalue weighted by Crippen LogP contribution is -1.94. The van der Waals surface area contributed by atoms with Crippen LogP contribution in [0.2, 0.25) is 0 Å². The summed E-state index contributed by atoms with van der Waals surface area (Å²) in [6, 6.07) is 10.5. The minimum absolute atomic E-state index is 0.665. The summed E-state index contributed by atoms with van der Waals surface area (Å²) in [5, 5.41) is 0. The van der Waals surface area contributed by atoms with Crippen LogP contribution in [0.3, 0.4) is 0 Å². The molecule has 1 N–H and O–H groups in total. The molecule has 1 fully saturated rings. The van der Waals surface area contributed by atoms with E-state index in [1.165, 1.54) is 23.4 Å². The van der Waals surface area contributed by atoms with Gasteiger partial charge in [0.25, 0.3) is 0 Å². The molecule has 0 unspecified atom stereocenters. The van der Waals surface area contributed by atoms with Gasteiger partial charge in [-0.3, -0.25) is 0 Å². The lowest BCUT2D eigenvalue weighted by atomic mass is 10.2. The largest absolute Gasteiger partial charge is 0.343 e. The smallest absolute Gasteiger partial charge is 0.139 e. The van der Waals surface area contributed by atoms with E-state index in [1.807, 2.05) is 17.8 Å². The van der Waals surface area contributed by atoms with Gasteiger partial charge in [-0.05, 0) is 42.7 Å². The van der Waals surface area contributed by atoms with E-state index in [-0.39, 0.29) is 0 Å². The highest BCUT2D eigenvalue weighted by Gasteiger charge is 2.24. The Labute approximate surface area is 122 Å². The second-order valence-corrected chi connectivity index (χ2v) is 6.51. The molecule has 0 radical (unpaired) electrons. The van der Waals surface area contributed by atoms with Gasteiger partial charge in [-0.25, -0.2) is 4.98 Å². The number of H-pyrrole nitrogens is 1. The summed E-state index contributed by atoms with van der Waals surface area (Å²) >= 11 is 7.12. The third-order valence-corrected chi connectivity index (χ3v) is 4.32. The van der Waals surface area contributed by atoms with E-state index in [0.29, 0.717) is 10.6 Å². The Morgan fingerprint density at radius 3 is 2.68 bits per heavy atom. The fourth-order valence-corrected chi connectivity index (χ4v) is 2.98. The lowest BCUT2D eigenvalue weighted by Gasteiger charge is -2.06. The fraction of sp³-hybridized carbons (Fsp3) is 0.333. The normalized spacial score (nSPS) is 14.6. The number of thioether (sulfide) groups is 1. The van der Waals surface area contributed by atoms with E-state index < -0.39 is 0 Å². The second kappa shape index (κ2) is 5.47. The molecule has 1 aromatic heterocycles. The van der Waals surface area contributed by atoms with Gasteiger partial charge in [-0.15, -0.1) is 11.8 Å². The molecule has 2 nitrogen and oxygen atoms in total. The van der Waals surface area contributed by atoms with Gasteiger partial charge in [0.15, 0.2) is 0 Å². The Hall–Kier alpha value is -1.13. The van der Waals surface area contributed by atoms with Crippen LogP contribution in [-0.4, -0.2) is 15.7 Å². The van der Waals surface area contributed by atoms with Crippen LogP contribution in [-0.2, 0) is 0 Å². The van der Waals surface area contributed by atoms with Gasteiger partial charge in [0, 0.05) is 16.2 Å². The van der Waals surface area contributed by atoms with Crippen molar-refractivity contribution in [1.29, 1.82) is 0 Å². The first-order valence-corrected chi connectivity index (χ1v) is 8.00. The molecule has 2 aromatic rings. The average Bonchev–Trinajstić information content (AvgIpc) is 3.23. The number of nitrogens with zero attached hydrogens (tertiary/aromatic N) is 1. The van der Waals surface area contributed by atoms with Gasteiger partial charge in [0.2, 0.25) is 0 Å². The van der Waals surface area contributed by atoms with Crippen molar-refractivity contribution in [2.24, 2.45) is 0 Å². The number of hydrogen-bond acceptors (Lipinski definition) is 3. The zero-order valence-electron chi connectivity index (χ0n) is 10.8. The van der Waals surface area contributed by atoms with Gasteiger partial charge in [-0.2, -0.15) is 0 Å². The minimum atomic E-state index is 0.665. The standard InChI is InChI=1S/C15H16N2S2/c1-2-19-12-7-5-11(6-8-12)15-16-13(10-3-4-10)9-14(18)17-15/h5-10H,2-4H2,1H3,(H,16,17,18). The molecule has 0 spiro atoms. The molecule has 0 aliphatic heterocycles. The maximum atomic E-state index is 5.27. The van der Waals surface area contributed by atoms with Gasteiger partial charge in [-0.1, -0.05) is 31.3 Å². The lowest BCUT2D eigenvalue weighted by molar-refractivity contribution is 0.988. The molecule has 1 aromatic carbocycles. The minimum Gasteiger partial charge on any atom is -0.343 e. The van der Waals surface area contributed by atoms with Crippen LogP contribution < -0.4 is 0 Å². The predicted octanol–water partition coefficient (Wildman–Crippen LogP) is 4.80. The van der Waals surface area contributed by atoms with Crippen molar-refractivity contribution in [3.63, 3.8) is 0 Å². The third-order valence-electron chi connectivity index (χ3n) is 3.22. The van der Waals surface area contributed by atoms with Crippen LogP contribution in [0.25, 0.3) is 11.4 Å². The summed E-state index contributed by atoms with van der Waals surface area (Å²) in [5.41, 5.74) is 2.34. The molecule has 1 saturated carbocycles. The molecule has 1 aliphatic carbocycles. The van der Waals surface area contributed by atoms with Crippen molar-refractivity contribution in [2.45, 2.75) is 30.6 Å². The molecule has 4 heteroatoms. The summed E-state index contributed by atoms with van der Waals surface area (Å²) in [6.45, 7) is 2.16. The maximum Gasteiger partial charge on any atom is 0.139 e. The molecular weight excluding hydrogens is 272 g/mol. The molecule has 1 aliphatic rings. The Balaban J connectivity index is 1.94. The van der Waals surface area contributed by atoms with Crippen LogP contribution in [0, 0.1) is 4.64 Å². The molecule has 3 rings (SSSR count). The SMILES string of the molecule is CCSc1ccc(-c2nc(=S)cc(C3CC3)[nH]2)cc1. The van der Waals surface area contributed by atoms with E-state index in [1.54, 1.807) is 0 Å². The highest BCUT2D eigenvalue weighted by molar-refractivity contribution is 7.99. The molecule has 98 valence electrons. The summed E-state index contributed by atoms with van der Waals surface area (Å²) in [4.78, 5) is 9.17. The van der Waals surface area contributed by atoms with Crippen LogP contribution in [0.4, 0.5) is 0 Å². The van der Waals surface area contributed by atoms with Gasteiger partial charge in [0.05, 0.1) is 0 Å². The van der Waals surface area contributed by atoms with Crippen LogP contribution >= 0.6 is 24.0 Å². The number of aromatic nitrogens is 2. The summed E-state index contributed by atoms with van der Waals surface area (Å²) in [5.74, 6) is 2.65. The molecule has 19 heavy (non-hydrogen) atoms. The fourth-order valence-electron chi connectivity index (χ4n) is 2.10. The highest BCUT2D eigenvalue weighted by Crippen LogP contribution is 2.39. The Kier molecular flexibility index (Phi) is 3.71. The number of benzene rings is 1. The van der Waals surface area contributed by atoms with Crippen LogP contribution in [0.15, 0.2) is 35.2 Å². The first-order chi connectivity index (χ1) is 9.26. The number of rotatable bonds is 4. The van der Waals surface area contributed by atoms with E-state index in [9.17, 15) is 0 Å². The van der Waals surface area contributed by atoms with Crippen molar-refractivity contribution in [2.75, 3.05) is 5.75 Å². The van der Waals surface area contributed by atoms with Crippen molar-refractivity contribution in [3.05, 3.63) is 40.7 Å². The monoisotopic (exact) mass is 288 g/mol. The molecule has 0 saturated heterocycles. The second-order valence-electron chi connectivity index (χ2n) is 4.75. The molecular formula is C15H16N2S2. The van der Waals surface area contributed by atoms with Crippen molar-refractivity contribution in [1.82, 2.24) is 9.97 Å². The number of nitrogens with one attached hydrogen (secondary N) is 1. The Bertz CT molecular complexity index is 627. The first kappa shape index (κ1) is 12.9. The zero-order valence-corrected chi connectivity index (χ0v) is 12.5. The van der Waals surface area contributed by atoms with Crippen molar-refractivity contribution >= 4 is 24.0 Å². The maximum absolute atomic E-state index is 5.27. The predicted molar refractivity (Wildman–Crippen MR) is 83.2 cm³/mol.